The lowest BCUT2D eigenvalue weighted by Gasteiger charge is -2.19. The van der Waals surface area contributed by atoms with Crippen molar-refractivity contribution in [1.82, 2.24) is 15.5 Å². The molecular weight excluding hydrogens is 378 g/mol. The SMILES string of the molecule is O=C(COC(=O)CN1C(=O)[C@@H]2CCCC[C@H]2C1=O)NC(=O)NCc1ccccc1. The van der Waals surface area contributed by atoms with Crippen molar-refractivity contribution in [3.63, 3.8) is 0 Å². The van der Waals surface area contributed by atoms with Crippen LogP contribution in [0.4, 0.5) is 4.79 Å². The summed E-state index contributed by atoms with van der Waals surface area (Å²) in [7, 11) is 0. The maximum Gasteiger partial charge on any atom is 0.326 e. The fourth-order valence-corrected chi connectivity index (χ4v) is 3.69. The second-order valence-electron chi connectivity index (χ2n) is 7.14. The van der Waals surface area contributed by atoms with Crippen LogP contribution in [0, 0.1) is 11.8 Å². The molecule has 5 amide bonds. The molecule has 9 nitrogen and oxygen atoms in total. The van der Waals surface area contributed by atoms with E-state index in [2.05, 4.69) is 5.32 Å². The third-order valence-corrected chi connectivity index (χ3v) is 5.13. The quantitative estimate of drug-likeness (QED) is 0.535. The zero-order valence-electron chi connectivity index (χ0n) is 15.9. The largest absolute Gasteiger partial charge is 0.454 e. The number of amides is 5. The van der Waals surface area contributed by atoms with Gasteiger partial charge in [0, 0.05) is 6.54 Å². The van der Waals surface area contributed by atoms with Gasteiger partial charge in [-0.3, -0.25) is 29.4 Å². The molecule has 2 N–H and O–H groups in total. The molecule has 9 heteroatoms. The number of nitrogens with zero attached hydrogens (tertiary/aromatic N) is 1. The van der Waals surface area contributed by atoms with E-state index in [4.69, 9.17) is 4.74 Å². The van der Waals surface area contributed by atoms with Crippen molar-refractivity contribution in [2.75, 3.05) is 13.2 Å². The maximum absolute atomic E-state index is 12.3. The van der Waals surface area contributed by atoms with Gasteiger partial charge in [0.05, 0.1) is 11.8 Å². The summed E-state index contributed by atoms with van der Waals surface area (Å²) in [6.07, 6.45) is 3.10. The van der Waals surface area contributed by atoms with Crippen LogP contribution < -0.4 is 10.6 Å². The molecule has 0 bridgehead atoms. The lowest BCUT2D eigenvalue weighted by Crippen LogP contribution is -2.42. The van der Waals surface area contributed by atoms with E-state index in [1.54, 1.807) is 0 Å². The number of likely N-dealkylation sites (tertiary alicyclic amines) is 1. The van der Waals surface area contributed by atoms with E-state index >= 15 is 0 Å². The molecule has 2 fully saturated rings. The van der Waals surface area contributed by atoms with Crippen molar-refractivity contribution in [3.05, 3.63) is 35.9 Å². The number of fused-ring (bicyclic) bond motifs is 1. The van der Waals surface area contributed by atoms with E-state index in [1.165, 1.54) is 0 Å². The number of imide groups is 2. The zero-order valence-corrected chi connectivity index (χ0v) is 15.9. The lowest BCUT2D eigenvalue weighted by atomic mass is 9.81. The summed E-state index contributed by atoms with van der Waals surface area (Å²) in [6, 6.07) is 8.42. The molecular formula is C20H23N3O6. The topological polar surface area (TPSA) is 122 Å². The molecule has 1 saturated heterocycles. The Morgan fingerprint density at radius 1 is 1.00 bits per heavy atom. The number of benzene rings is 1. The number of esters is 1. The Bertz CT molecular complexity index is 786. The van der Waals surface area contributed by atoms with Gasteiger partial charge in [-0.05, 0) is 18.4 Å². The van der Waals surface area contributed by atoms with Gasteiger partial charge < -0.3 is 10.1 Å². The Balaban J connectivity index is 1.38. The average molecular weight is 401 g/mol. The third kappa shape index (κ3) is 5.18. The van der Waals surface area contributed by atoms with Crippen molar-refractivity contribution in [2.45, 2.75) is 32.2 Å². The molecule has 0 unspecified atom stereocenters. The second kappa shape index (κ2) is 9.31. The number of carbonyl (C=O) groups excluding carboxylic acids is 5. The molecule has 2 aliphatic rings. The fraction of sp³-hybridized carbons (Fsp3) is 0.450. The first kappa shape index (κ1) is 20.5. The molecule has 1 aromatic carbocycles. The van der Waals surface area contributed by atoms with E-state index in [0.717, 1.165) is 23.3 Å². The minimum absolute atomic E-state index is 0.237. The summed E-state index contributed by atoms with van der Waals surface area (Å²) in [6.45, 7) is -0.958. The summed E-state index contributed by atoms with van der Waals surface area (Å²) in [5.74, 6) is -3.06. The summed E-state index contributed by atoms with van der Waals surface area (Å²) in [5, 5.41) is 4.55. The lowest BCUT2D eigenvalue weighted by molar-refractivity contribution is -0.154. The van der Waals surface area contributed by atoms with Gasteiger partial charge in [0.25, 0.3) is 5.91 Å². The van der Waals surface area contributed by atoms with Crippen LogP contribution in [0.3, 0.4) is 0 Å². The Morgan fingerprint density at radius 3 is 2.24 bits per heavy atom. The molecule has 154 valence electrons. The van der Waals surface area contributed by atoms with Gasteiger partial charge in [0.15, 0.2) is 6.61 Å². The van der Waals surface area contributed by atoms with Gasteiger partial charge in [0.2, 0.25) is 11.8 Å². The monoisotopic (exact) mass is 401 g/mol. The van der Waals surface area contributed by atoms with Crippen molar-refractivity contribution >= 4 is 29.7 Å². The van der Waals surface area contributed by atoms with Crippen LogP contribution in [0.5, 0.6) is 0 Å². The molecule has 0 spiro atoms. The standard InChI is InChI=1S/C20H23N3O6/c24-16(22-20(28)21-10-13-6-2-1-3-7-13)12-29-17(25)11-23-18(26)14-8-4-5-9-15(14)19(23)27/h1-3,6-7,14-15H,4-5,8-12H2,(H2,21,22,24,28)/t14-,15-/m1/s1. The van der Waals surface area contributed by atoms with Gasteiger partial charge >= 0.3 is 12.0 Å². The number of urea groups is 1. The van der Waals surface area contributed by atoms with E-state index in [-0.39, 0.29) is 30.2 Å². The van der Waals surface area contributed by atoms with Crippen molar-refractivity contribution in [3.8, 4) is 0 Å². The maximum atomic E-state index is 12.3. The first-order chi connectivity index (χ1) is 14.0. The van der Waals surface area contributed by atoms with E-state index < -0.39 is 31.1 Å². The van der Waals surface area contributed by atoms with Crippen molar-refractivity contribution in [2.24, 2.45) is 11.8 Å². The number of hydrogen-bond acceptors (Lipinski definition) is 6. The molecule has 0 aromatic heterocycles. The molecule has 1 saturated carbocycles. The Kier molecular flexibility index (Phi) is 6.58. The molecule has 1 aliphatic carbocycles. The van der Waals surface area contributed by atoms with Gasteiger partial charge in [-0.2, -0.15) is 0 Å². The first-order valence-electron chi connectivity index (χ1n) is 9.58. The normalized spacial score (nSPS) is 20.8. The molecule has 0 radical (unpaired) electrons. The van der Waals surface area contributed by atoms with Gasteiger partial charge in [-0.25, -0.2) is 4.79 Å². The highest BCUT2D eigenvalue weighted by molar-refractivity contribution is 6.07. The average Bonchev–Trinajstić information content (AvgIpc) is 2.97. The number of rotatable bonds is 6. The van der Waals surface area contributed by atoms with Crippen LogP contribution >= 0.6 is 0 Å². The van der Waals surface area contributed by atoms with Crippen LogP contribution in [0.1, 0.15) is 31.2 Å². The van der Waals surface area contributed by atoms with Gasteiger partial charge in [0.1, 0.15) is 6.54 Å². The van der Waals surface area contributed by atoms with Crippen LogP contribution in [-0.4, -0.2) is 47.8 Å². The second-order valence-corrected chi connectivity index (χ2v) is 7.14. The van der Waals surface area contributed by atoms with Crippen molar-refractivity contribution in [1.29, 1.82) is 0 Å². The number of nitrogens with one attached hydrogen (secondary N) is 2. The molecule has 1 aromatic rings. The highest BCUT2D eigenvalue weighted by atomic mass is 16.5. The Morgan fingerprint density at radius 2 is 1.62 bits per heavy atom. The number of carbonyl (C=O) groups is 5. The molecule has 2 atom stereocenters. The summed E-state index contributed by atoms with van der Waals surface area (Å²) in [4.78, 5) is 61.0. The van der Waals surface area contributed by atoms with Crippen LogP contribution in [-0.2, 0) is 30.5 Å². The molecule has 3 rings (SSSR count). The number of ether oxygens (including phenoxy) is 1. The Hall–Kier alpha value is -3.23. The van der Waals surface area contributed by atoms with E-state index in [0.29, 0.717) is 12.8 Å². The summed E-state index contributed by atoms with van der Waals surface area (Å²) >= 11 is 0. The predicted molar refractivity (Wildman–Crippen MR) is 99.9 cm³/mol. The molecule has 29 heavy (non-hydrogen) atoms. The van der Waals surface area contributed by atoms with Gasteiger partial charge in [-0.15, -0.1) is 0 Å². The fourth-order valence-electron chi connectivity index (χ4n) is 3.69. The molecule has 1 heterocycles. The molecule has 1 aliphatic heterocycles. The first-order valence-corrected chi connectivity index (χ1v) is 9.58. The van der Waals surface area contributed by atoms with Crippen LogP contribution in [0.2, 0.25) is 0 Å². The smallest absolute Gasteiger partial charge is 0.326 e. The van der Waals surface area contributed by atoms with Crippen molar-refractivity contribution < 1.29 is 28.7 Å². The summed E-state index contributed by atoms with van der Waals surface area (Å²) in [5.41, 5.74) is 0.863. The van der Waals surface area contributed by atoms with E-state index in [1.807, 2.05) is 35.6 Å². The summed E-state index contributed by atoms with van der Waals surface area (Å²) < 4.78 is 4.80. The van der Waals surface area contributed by atoms with Gasteiger partial charge in [-0.1, -0.05) is 43.2 Å². The predicted octanol–water partition coefficient (Wildman–Crippen LogP) is 0.731. The zero-order chi connectivity index (χ0) is 20.8. The van der Waals surface area contributed by atoms with E-state index in [9.17, 15) is 24.0 Å². The highest BCUT2D eigenvalue weighted by Crippen LogP contribution is 2.37. The number of hydrogen-bond donors (Lipinski definition) is 2. The van der Waals surface area contributed by atoms with Crippen LogP contribution in [0.15, 0.2) is 30.3 Å². The highest BCUT2D eigenvalue weighted by Gasteiger charge is 2.48. The van der Waals surface area contributed by atoms with Crippen LogP contribution in [0.25, 0.3) is 0 Å². The minimum atomic E-state index is -0.870. The Labute approximate surface area is 167 Å². The minimum Gasteiger partial charge on any atom is -0.454 e. The third-order valence-electron chi connectivity index (χ3n) is 5.13.